The second-order valence-electron chi connectivity index (χ2n) is 9.63. The fourth-order valence-corrected chi connectivity index (χ4v) is 7.03. The average molecular weight is 432 g/mol. The van der Waals surface area contributed by atoms with Crippen molar-refractivity contribution in [2.75, 3.05) is 25.5 Å². The molecule has 3 rings (SSSR count). The van der Waals surface area contributed by atoms with Crippen molar-refractivity contribution in [2.24, 2.45) is 23.2 Å². The number of aliphatic hydroxyl groups is 1. The molecule has 30 heavy (non-hydrogen) atoms. The normalized spacial score (nSPS) is 31.2. The number of aromatic nitrogens is 1. The molecule has 0 saturated heterocycles. The molecule has 0 spiro atoms. The van der Waals surface area contributed by atoms with Gasteiger partial charge in [-0.15, -0.1) is 17.8 Å². The fraction of sp³-hybridized carbons (Fsp3) is 0.750. The summed E-state index contributed by atoms with van der Waals surface area (Å²) in [5, 5.41) is 16.0. The number of hydrogen-bond acceptors (Lipinski definition) is 5. The Balaban J connectivity index is 1.80. The van der Waals surface area contributed by atoms with Gasteiger partial charge in [-0.2, -0.15) is 0 Å². The van der Waals surface area contributed by atoms with Crippen molar-refractivity contribution in [3.8, 4) is 12.3 Å². The van der Waals surface area contributed by atoms with Crippen LogP contribution in [0.2, 0.25) is 0 Å². The molecule has 166 valence electrons. The highest BCUT2D eigenvalue weighted by Gasteiger charge is 2.54. The van der Waals surface area contributed by atoms with Crippen molar-refractivity contribution in [3.05, 3.63) is 10.6 Å². The van der Waals surface area contributed by atoms with Gasteiger partial charge in [0.2, 0.25) is 5.91 Å². The lowest BCUT2D eigenvalue weighted by Crippen LogP contribution is -2.53. The predicted octanol–water partition coefficient (Wildman–Crippen LogP) is 4.14. The van der Waals surface area contributed by atoms with Crippen LogP contribution in [0.3, 0.4) is 0 Å². The molecule has 2 aliphatic rings. The molecular weight excluding hydrogens is 394 g/mol. The molecule has 0 aromatic carbocycles. The Labute approximate surface area is 185 Å². The lowest BCUT2D eigenvalue weighted by molar-refractivity contribution is -0.142. The number of amides is 1. The molecule has 0 unspecified atom stereocenters. The molecule has 1 fully saturated rings. The van der Waals surface area contributed by atoms with Crippen molar-refractivity contribution in [3.63, 3.8) is 0 Å². The number of aliphatic hydroxyl groups excluding tert-OH is 1. The molecule has 0 aliphatic heterocycles. The Bertz CT molecular complexity index is 801. The quantitative estimate of drug-likeness (QED) is 0.503. The second kappa shape index (κ2) is 9.28. The Morgan fingerprint density at radius 1 is 1.53 bits per heavy atom. The zero-order valence-electron chi connectivity index (χ0n) is 19.1. The van der Waals surface area contributed by atoms with Gasteiger partial charge in [0.05, 0.1) is 18.3 Å². The first-order chi connectivity index (χ1) is 14.2. The molecule has 1 heterocycles. The molecule has 1 aromatic rings. The highest BCUT2D eigenvalue weighted by atomic mass is 32.1. The molecule has 6 atom stereocenters. The number of carbonyl (C=O) groups excluding carboxylic acids is 1. The summed E-state index contributed by atoms with van der Waals surface area (Å²) in [7, 11) is 1.75. The van der Waals surface area contributed by atoms with E-state index in [1.807, 2.05) is 6.92 Å². The van der Waals surface area contributed by atoms with Crippen LogP contribution in [0.4, 0.5) is 5.13 Å². The van der Waals surface area contributed by atoms with Gasteiger partial charge < -0.3 is 15.3 Å². The van der Waals surface area contributed by atoms with Gasteiger partial charge >= 0.3 is 0 Å². The van der Waals surface area contributed by atoms with Crippen molar-refractivity contribution in [1.82, 2.24) is 9.88 Å². The van der Waals surface area contributed by atoms with E-state index in [2.05, 4.69) is 32.0 Å². The third-order valence-corrected chi connectivity index (χ3v) is 8.49. The number of nitrogens with zero attached hydrogens (tertiary/aromatic N) is 2. The Hall–Kier alpha value is -1.58. The predicted molar refractivity (Wildman–Crippen MR) is 124 cm³/mol. The third kappa shape index (κ3) is 4.24. The van der Waals surface area contributed by atoms with E-state index < -0.39 is 6.10 Å². The molecule has 2 N–H and O–H groups in total. The van der Waals surface area contributed by atoms with Crippen LogP contribution in [-0.2, 0) is 11.2 Å². The van der Waals surface area contributed by atoms with E-state index in [1.54, 1.807) is 23.3 Å². The van der Waals surface area contributed by atoms with Gasteiger partial charge in [0.15, 0.2) is 5.13 Å². The maximum absolute atomic E-state index is 12.8. The van der Waals surface area contributed by atoms with Crippen LogP contribution < -0.4 is 5.32 Å². The third-order valence-electron chi connectivity index (χ3n) is 7.47. The topological polar surface area (TPSA) is 65.5 Å². The van der Waals surface area contributed by atoms with E-state index in [0.717, 1.165) is 49.5 Å². The first kappa shape index (κ1) is 23.1. The van der Waals surface area contributed by atoms with Crippen LogP contribution >= 0.6 is 11.3 Å². The summed E-state index contributed by atoms with van der Waals surface area (Å²) in [6, 6.07) is 0. The van der Waals surface area contributed by atoms with Crippen LogP contribution in [0.15, 0.2) is 0 Å². The molecule has 1 aromatic heterocycles. The van der Waals surface area contributed by atoms with E-state index >= 15 is 0 Å². The number of thiazole rings is 1. The number of terminal acetylenes is 1. The number of anilines is 1. The lowest BCUT2D eigenvalue weighted by atomic mass is 9.53. The van der Waals surface area contributed by atoms with Gasteiger partial charge in [-0.05, 0) is 42.9 Å². The molecule has 2 aliphatic carbocycles. The average Bonchev–Trinajstić information content (AvgIpc) is 3.09. The smallest absolute Gasteiger partial charge is 0.226 e. The van der Waals surface area contributed by atoms with Crippen molar-refractivity contribution in [1.29, 1.82) is 0 Å². The van der Waals surface area contributed by atoms with E-state index in [1.165, 1.54) is 4.88 Å². The largest absolute Gasteiger partial charge is 0.392 e. The van der Waals surface area contributed by atoms with E-state index in [0.29, 0.717) is 6.54 Å². The number of hydrogen-bond donors (Lipinski definition) is 2. The van der Waals surface area contributed by atoms with Gasteiger partial charge in [-0.25, -0.2) is 4.98 Å². The lowest BCUT2D eigenvalue weighted by Gasteiger charge is -2.53. The highest BCUT2D eigenvalue weighted by Crippen LogP contribution is 2.57. The SMILES string of the molecule is C#CCN(C)C(=O)[C@@H](C)[C@@H]1CC[C@@]2(C)Cc3sc(NCCCC)nc3[C@@H](C)[C@@H]2[C@H]1O. The number of nitrogens with one attached hydrogen (secondary N) is 1. The molecule has 0 bridgehead atoms. The Morgan fingerprint density at radius 3 is 2.93 bits per heavy atom. The van der Waals surface area contributed by atoms with Crippen LogP contribution in [0.5, 0.6) is 0 Å². The first-order valence-electron chi connectivity index (χ1n) is 11.3. The number of fused-ring (bicyclic) bond motifs is 2. The molecule has 0 radical (unpaired) electrons. The summed E-state index contributed by atoms with van der Waals surface area (Å²) in [5.74, 6) is 2.58. The van der Waals surface area contributed by atoms with E-state index in [4.69, 9.17) is 11.4 Å². The van der Waals surface area contributed by atoms with Gasteiger partial charge in [-0.3, -0.25) is 4.79 Å². The summed E-state index contributed by atoms with van der Waals surface area (Å²) in [4.78, 5) is 20.7. The summed E-state index contributed by atoms with van der Waals surface area (Å²) in [5.41, 5.74) is 1.19. The highest BCUT2D eigenvalue weighted by molar-refractivity contribution is 7.15. The van der Waals surface area contributed by atoms with Crippen LogP contribution in [0, 0.1) is 35.5 Å². The fourth-order valence-electron chi connectivity index (χ4n) is 5.74. The van der Waals surface area contributed by atoms with E-state index in [9.17, 15) is 9.90 Å². The summed E-state index contributed by atoms with van der Waals surface area (Å²) < 4.78 is 0. The zero-order valence-corrected chi connectivity index (χ0v) is 19.9. The molecule has 1 saturated carbocycles. The van der Waals surface area contributed by atoms with Crippen molar-refractivity contribution in [2.45, 2.75) is 71.8 Å². The summed E-state index contributed by atoms with van der Waals surface area (Å²) in [6.07, 6.45) is 10.0. The van der Waals surface area contributed by atoms with Gasteiger partial charge in [-0.1, -0.05) is 40.0 Å². The molecule has 5 nitrogen and oxygen atoms in total. The second-order valence-corrected chi connectivity index (χ2v) is 10.7. The zero-order chi connectivity index (χ0) is 22.1. The van der Waals surface area contributed by atoms with Gasteiger partial charge in [0, 0.05) is 30.3 Å². The maximum Gasteiger partial charge on any atom is 0.226 e. The monoisotopic (exact) mass is 431 g/mol. The summed E-state index contributed by atoms with van der Waals surface area (Å²) in [6.45, 7) is 9.92. The van der Waals surface area contributed by atoms with Gasteiger partial charge in [0.25, 0.3) is 0 Å². The Morgan fingerprint density at radius 2 is 2.27 bits per heavy atom. The van der Waals surface area contributed by atoms with Crippen LogP contribution in [0.1, 0.15) is 69.9 Å². The van der Waals surface area contributed by atoms with Crippen LogP contribution in [-0.4, -0.2) is 47.1 Å². The standard InChI is InChI=1S/C24H37N3O2S/c1-7-9-12-25-23-26-20-16(4)19-21(28)17(15(3)22(29)27(6)13-8-2)10-11-24(19,5)14-18(20)30-23/h2,15-17,19,21,28H,7,9-14H2,1,3-6H3,(H,25,26)/t15-,16-,17-,19+,21-,24-/m0/s1. The summed E-state index contributed by atoms with van der Waals surface area (Å²) >= 11 is 1.78. The minimum absolute atomic E-state index is 0.0285. The first-order valence-corrected chi connectivity index (χ1v) is 12.1. The minimum Gasteiger partial charge on any atom is -0.392 e. The van der Waals surface area contributed by atoms with Crippen molar-refractivity contribution < 1.29 is 9.90 Å². The van der Waals surface area contributed by atoms with Crippen molar-refractivity contribution >= 4 is 22.4 Å². The number of carbonyl (C=O) groups is 1. The molecular formula is C24H37N3O2S. The van der Waals surface area contributed by atoms with Gasteiger partial charge in [0.1, 0.15) is 0 Å². The van der Waals surface area contributed by atoms with E-state index in [-0.39, 0.29) is 35.0 Å². The number of unbranched alkanes of at least 4 members (excludes halogenated alkanes) is 1. The number of rotatable bonds is 7. The molecule has 1 amide bonds. The maximum atomic E-state index is 12.8. The van der Waals surface area contributed by atoms with Crippen LogP contribution in [0.25, 0.3) is 0 Å². The minimum atomic E-state index is -0.511. The Kier molecular flexibility index (Phi) is 7.14. The molecule has 6 heteroatoms.